The molecule has 0 aliphatic heterocycles. The van der Waals surface area contributed by atoms with E-state index in [1.165, 1.54) is 0 Å². The highest BCUT2D eigenvalue weighted by molar-refractivity contribution is 5.28. The lowest BCUT2D eigenvalue weighted by atomic mass is 9.99. The number of hydrogen-bond acceptors (Lipinski definition) is 4. The molecule has 4 nitrogen and oxygen atoms in total. The Morgan fingerprint density at radius 3 is 2.62 bits per heavy atom. The predicted octanol–water partition coefficient (Wildman–Crippen LogP) is 0.828. The summed E-state index contributed by atoms with van der Waals surface area (Å²) in [5.74, 6) is 0.677. The first-order valence-electron chi connectivity index (χ1n) is 5.06. The Morgan fingerprint density at radius 2 is 2.06 bits per heavy atom. The van der Waals surface area contributed by atoms with Crippen molar-refractivity contribution in [3.8, 4) is 0 Å². The molecule has 0 fully saturated rings. The summed E-state index contributed by atoms with van der Waals surface area (Å²) in [5.41, 5.74) is 10.9. The highest BCUT2D eigenvalue weighted by Gasteiger charge is 2.32. The molecule has 0 bridgehead atoms. The van der Waals surface area contributed by atoms with Gasteiger partial charge in [0.1, 0.15) is 12.4 Å². The smallest absolute Gasteiger partial charge is 0.155 e. The second-order valence-corrected chi connectivity index (χ2v) is 3.48. The first-order valence-corrected chi connectivity index (χ1v) is 5.06. The molecule has 0 aromatic rings. The van der Waals surface area contributed by atoms with E-state index in [2.05, 4.69) is 13.2 Å². The van der Waals surface area contributed by atoms with Crippen LogP contribution in [0.5, 0.6) is 0 Å². The second kappa shape index (κ2) is 5.65. The minimum absolute atomic E-state index is 0.352. The van der Waals surface area contributed by atoms with Crippen molar-refractivity contribution in [1.82, 2.24) is 0 Å². The van der Waals surface area contributed by atoms with Crippen LogP contribution in [0.4, 0.5) is 0 Å². The van der Waals surface area contributed by atoms with Crippen LogP contribution in [0, 0.1) is 0 Å². The van der Waals surface area contributed by atoms with Crippen LogP contribution in [0.15, 0.2) is 49.3 Å². The average Bonchev–Trinajstić information content (AvgIpc) is 2.28. The van der Waals surface area contributed by atoms with Gasteiger partial charge in [0.15, 0.2) is 5.72 Å². The van der Waals surface area contributed by atoms with Crippen LogP contribution in [0.25, 0.3) is 0 Å². The van der Waals surface area contributed by atoms with Crippen molar-refractivity contribution in [2.24, 2.45) is 11.5 Å². The molecule has 16 heavy (non-hydrogen) atoms. The molecule has 0 saturated heterocycles. The zero-order chi connectivity index (χ0) is 12.0. The molecule has 0 aromatic carbocycles. The van der Waals surface area contributed by atoms with Gasteiger partial charge in [-0.2, -0.15) is 0 Å². The van der Waals surface area contributed by atoms with E-state index in [9.17, 15) is 0 Å². The molecular formula is C12H18N2O2. The summed E-state index contributed by atoms with van der Waals surface area (Å²) >= 11 is 0. The van der Waals surface area contributed by atoms with Crippen LogP contribution in [-0.2, 0) is 9.47 Å². The van der Waals surface area contributed by atoms with Gasteiger partial charge in [0.2, 0.25) is 0 Å². The number of allylic oxidation sites excluding steroid dienone is 1. The monoisotopic (exact) mass is 222 g/mol. The third kappa shape index (κ3) is 3.06. The molecule has 4 heteroatoms. The summed E-state index contributed by atoms with van der Waals surface area (Å²) in [4.78, 5) is 0. The maximum absolute atomic E-state index is 5.98. The van der Waals surface area contributed by atoms with Crippen LogP contribution in [-0.4, -0.2) is 25.0 Å². The van der Waals surface area contributed by atoms with Crippen molar-refractivity contribution < 1.29 is 9.47 Å². The molecule has 0 amide bonds. The largest absolute Gasteiger partial charge is 0.490 e. The van der Waals surface area contributed by atoms with Crippen LogP contribution >= 0.6 is 0 Å². The molecule has 0 radical (unpaired) electrons. The first-order chi connectivity index (χ1) is 7.62. The van der Waals surface area contributed by atoms with Crippen molar-refractivity contribution in [3.63, 3.8) is 0 Å². The van der Waals surface area contributed by atoms with Crippen LogP contribution < -0.4 is 11.5 Å². The van der Waals surface area contributed by atoms with Gasteiger partial charge in [-0.3, -0.25) is 5.73 Å². The molecule has 1 rings (SSSR count). The second-order valence-electron chi connectivity index (χ2n) is 3.48. The zero-order valence-corrected chi connectivity index (χ0v) is 9.26. The molecule has 2 unspecified atom stereocenters. The standard InChI is InChI=1S/C12H18N2O2/c1-3-7-15-10-5-6-12(14,11(13)9-10)16-8-4-2/h3-6,9,11H,1-2,7-8,13-14H2. The topological polar surface area (TPSA) is 70.5 Å². The fraction of sp³-hybridized carbons (Fsp3) is 0.333. The highest BCUT2D eigenvalue weighted by atomic mass is 16.5. The predicted molar refractivity (Wildman–Crippen MR) is 64.4 cm³/mol. The Kier molecular flexibility index (Phi) is 4.49. The lowest BCUT2D eigenvalue weighted by Gasteiger charge is -2.33. The van der Waals surface area contributed by atoms with Gasteiger partial charge in [-0.25, -0.2) is 0 Å². The third-order valence-electron chi connectivity index (χ3n) is 2.19. The van der Waals surface area contributed by atoms with Gasteiger partial charge in [-0.1, -0.05) is 18.7 Å². The van der Waals surface area contributed by atoms with Gasteiger partial charge >= 0.3 is 0 Å². The van der Waals surface area contributed by atoms with Crippen molar-refractivity contribution >= 4 is 0 Å². The third-order valence-corrected chi connectivity index (χ3v) is 2.19. The summed E-state index contributed by atoms with van der Waals surface area (Å²) in [6, 6.07) is -0.447. The number of hydrogen-bond donors (Lipinski definition) is 2. The Balaban J connectivity index is 2.63. The van der Waals surface area contributed by atoms with Crippen LogP contribution in [0.2, 0.25) is 0 Å². The molecule has 88 valence electrons. The molecule has 1 aliphatic rings. The Hall–Kier alpha value is -1.36. The van der Waals surface area contributed by atoms with E-state index in [4.69, 9.17) is 20.9 Å². The zero-order valence-electron chi connectivity index (χ0n) is 9.26. The van der Waals surface area contributed by atoms with E-state index < -0.39 is 11.8 Å². The summed E-state index contributed by atoms with van der Waals surface area (Å²) in [6.07, 6.45) is 8.46. The van der Waals surface area contributed by atoms with Gasteiger partial charge in [-0.05, 0) is 18.2 Å². The molecule has 2 atom stereocenters. The van der Waals surface area contributed by atoms with E-state index >= 15 is 0 Å². The molecule has 0 heterocycles. The van der Waals surface area contributed by atoms with E-state index in [0.717, 1.165) is 0 Å². The van der Waals surface area contributed by atoms with Crippen molar-refractivity contribution in [1.29, 1.82) is 0 Å². The lowest BCUT2D eigenvalue weighted by molar-refractivity contribution is 0.00148. The lowest BCUT2D eigenvalue weighted by Crippen LogP contribution is -2.56. The van der Waals surface area contributed by atoms with E-state index in [-0.39, 0.29) is 0 Å². The fourth-order valence-electron chi connectivity index (χ4n) is 1.29. The van der Waals surface area contributed by atoms with Crippen LogP contribution in [0.1, 0.15) is 0 Å². The minimum Gasteiger partial charge on any atom is -0.490 e. The summed E-state index contributed by atoms with van der Waals surface area (Å²) in [5, 5.41) is 0. The van der Waals surface area contributed by atoms with E-state index in [1.807, 2.05) is 0 Å². The Labute approximate surface area is 95.9 Å². The molecular weight excluding hydrogens is 204 g/mol. The number of nitrogens with two attached hydrogens (primary N) is 2. The Morgan fingerprint density at radius 1 is 1.38 bits per heavy atom. The first kappa shape index (κ1) is 12.7. The van der Waals surface area contributed by atoms with Gasteiger partial charge < -0.3 is 15.2 Å². The summed E-state index contributed by atoms with van der Waals surface area (Å²) in [7, 11) is 0. The van der Waals surface area contributed by atoms with Crippen LogP contribution in [0.3, 0.4) is 0 Å². The molecule has 1 aliphatic carbocycles. The number of rotatable bonds is 6. The van der Waals surface area contributed by atoms with Gasteiger partial charge in [0.05, 0.1) is 12.6 Å². The minimum atomic E-state index is -0.991. The normalized spacial score (nSPS) is 28.4. The van der Waals surface area contributed by atoms with Gasteiger partial charge in [0.25, 0.3) is 0 Å². The van der Waals surface area contributed by atoms with Gasteiger partial charge in [0, 0.05) is 0 Å². The SMILES string of the molecule is C=CCOC1=CC(N)C(N)(OCC=C)C=C1. The maximum Gasteiger partial charge on any atom is 0.155 e. The van der Waals surface area contributed by atoms with Gasteiger partial charge in [-0.15, -0.1) is 6.58 Å². The van der Waals surface area contributed by atoms with Crippen molar-refractivity contribution in [3.05, 3.63) is 49.3 Å². The van der Waals surface area contributed by atoms with Crippen molar-refractivity contribution in [2.45, 2.75) is 11.8 Å². The van der Waals surface area contributed by atoms with E-state index in [0.29, 0.717) is 19.0 Å². The molecule has 0 spiro atoms. The highest BCUT2D eigenvalue weighted by Crippen LogP contribution is 2.19. The quantitative estimate of drug-likeness (QED) is 0.516. The fourth-order valence-corrected chi connectivity index (χ4v) is 1.29. The molecule has 4 N–H and O–H groups in total. The number of ether oxygens (including phenoxy) is 2. The molecule has 0 aromatic heterocycles. The Bertz CT molecular complexity index is 323. The molecule has 0 saturated carbocycles. The van der Waals surface area contributed by atoms with E-state index in [1.54, 1.807) is 30.4 Å². The average molecular weight is 222 g/mol. The van der Waals surface area contributed by atoms with Crippen molar-refractivity contribution in [2.75, 3.05) is 13.2 Å². The maximum atomic E-state index is 5.98. The summed E-state index contributed by atoms with van der Waals surface area (Å²) < 4.78 is 10.8. The summed E-state index contributed by atoms with van der Waals surface area (Å²) in [6.45, 7) is 7.92.